The zero-order valence-corrected chi connectivity index (χ0v) is 79.8. The van der Waals surface area contributed by atoms with Gasteiger partial charge in [-0.3, -0.25) is 0 Å². The normalized spacial score (nSPS) is 12.4. The van der Waals surface area contributed by atoms with Crippen LogP contribution in [0.4, 0.5) is 0 Å². The molecule has 0 N–H and O–H groups in total. The van der Waals surface area contributed by atoms with E-state index in [0.717, 1.165) is 5.69 Å². The number of fused-ring (bicyclic) bond motifs is 27. The first kappa shape index (κ1) is 83.1. The summed E-state index contributed by atoms with van der Waals surface area (Å²) in [5.74, 6) is 0. The van der Waals surface area contributed by atoms with Crippen molar-refractivity contribution >= 4 is 174 Å². The zero-order chi connectivity index (χ0) is 95.6. The van der Waals surface area contributed by atoms with E-state index in [0.29, 0.717) is 0 Å². The number of aromatic nitrogens is 6. The monoisotopic (exact) mass is 1840 g/mol. The van der Waals surface area contributed by atoms with Gasteiger partial charge in [-0.25, -0.2) is 0 Å². The van der Waals surface area contributed by atoms with Crippen LogP contribution in [0.5, 0.6) is 0 Å². The van der Waals surface area contributed by atoms with E-state index in [1.807, 2.05) is 0 Å². The van der Waals surface area contributed by atoms with Crippen LogP contribution in [0.1, 0.15) is 25.0 Å². The highest BCUT2D eigenvalue weighted by atomic mass is 15.0. The Morgan fingerprint density at radius 1 is 0.131 bits per heavy atom. The lowest BCUT2D eigenvalue weighted by Gasteiger charge is -2.22. The van der Waals surface area contributed by atoms with Gasteiger partial charge in [-0.2, -0.15) is 0 Å². The fraction of sp³-hybridized carbons (Fsp3) is 0.0216. The highest BCUT2D eigenvalue weighted by Crippen LogP contribution is 2.52. The van der Waals surface area contributed by atoms with E-state index < -0.39 is 0 Å². The van der Waals surface area contributed by atoms with Gasteiger partial charge < -0.3 is 27.4 Å². The predicted molar refractivity (Wildman–Crippen MR) is 615 cm³/mol. The lowest BCUT2D eigenvalue weighted by Crippen LogP contribution is -2.14. The number of rotatable bonds is 10. The molecule has 1 aliphatic rings. The van der Waals surface area contributed by atoms with E-state index in [1.54, 1.807) is 0 Å². The molecule has 6 heteroatoms. The summed E-state index contributed by atoms with van der Waals surface area (Å²) in [4.78, 5) is 0. The summed E-state index contributed by atoms with van der Waals surface area (Å²) in [6, 6.07) is 191. The molecule has 6 nitrogen and oxygen atoms in total. The van der Waals surface area contributed by atoms with Crippen molar-refractivity contribution in [3.63, 3.8) is 0 Å². The minimum Gasteiger partial charge on any atom is -0.309 e. The fourth-order valence-electron chi connectivity index (χ4n) is 24.3. The quantitative estimate of drug-likeness (QED) is 0.122. The van der Waals surface area contributed by atoms with Crippen molar-refractivity contribution in [2.45, 2.75) is 19.3 Å². The standard InChI is InChI=1S/C51H36N2.2C44H28N2/c1-51(2)45-17-9-6-14-39(45)40-27-22-35(31-46(40)51)33-20-25-38(26-21-33)52-48-19-11-8-16-42(48)44-30-34(24-29-49(44)52)36-23-28-43-41-15-7-10-18-47(41)53(50(43)32-36)37-12-4-3-5-13-37;1-2-11-33(12-3-1)45-41-16-8-6-14-37(41)39-23-20-31(28-44(39)45)30-21-25-43-40(27-30)38-15-7-9-17-42(38)46(43)34-22-24-36-32(26-34)19-18-29-10-4-5-13-35(29)36;1-2-13-32(14-3-1)45-40-20-10-8-18-36(40)38-24-22-30(27-43(38)45)29-23-25-42-39(26-29)37-19-9-11-21-41(37)46(42)44-28-31-12-4-5-15-33(31)34-16-6-7-17-35(34)44/h3-32H,1-2H3;2*1-28H. The molecular formula is C139H92N6. The van der Waals surface area contributed by atoms with Crippen molar-refractivity contribution in [2.75, 3.05) is 0 Å². The molecule has 24 aromatic carbocycles. The third-order valence-electron chi connectivity index (χ3n) is 31.1. The van der Waals surface area contributed by atoms with Crippen LogP contribution in [-0.2, 0) is 5.41 Å². The maximum atomic E-state index is 2.46. The SMILES string of the molecule is CC1(C)c2ccccc2-c2ccc(-c3ccc(-n4c5ccccc5c5cc(-c6ccc7c8ccccc8n(-c8ccccc8)c7c6)ccc54)cc3)cc21.c1ccc(-n2c3ccccc3c3ccc(-c4ccc5c(c4)c4ccccc4n5-c4cc5ccccc5c5ccccc45)cc32)cc1.c1ccc(-n2c3ccccc3c3ccc(-c4ccc5c(c4)c4ccccc4n5-c4ccc5c(ccc6ccccc65)c4)cc32)cc1. The Hall–Kier alpha value is -18.9. The molecule has 0 saturated carbocycles. The zero-order valence-electron chi connectivity index (χ0n) is 79.8. The topological polar surface area (TPSA) is 29.6 Å². The van der Waals surface area contributed by atoms with Gasteiger partial charge in [-0.15, -0.1) is 0 Å². The number of para-hydroxylation sites is 9. The highest BCUT2D eigenvalue weighted by Gasteiger charge is 2.36. The predicted octanol–water partition coefficient (Wildman–Crippen LogP) is 37.2. The first-order chi connectivity index (χ1) is 71.7. The Bertz CT molecular complexity index is 10600. The molecule has 678 valence electrons. The molecule has 30 aromatic rings. The van der Waals surface area contributed by atoms with Crippen LogP contribution in [0.3, 0.4) is 0 Å². The van der Waals surface area contributed by atoms with Gasteiger partial charge in [0.05, 0.1) is 71.9 Å². The third-order valence-corrected chi connectivity index (χ3v) is 31.1. The van der Waals surface area contributed by atoms with Crippen LogP contribution < -0.4 is 0 Å². The number of hydrogen-bond donors (Lipinski definition) is 0. The number of hydrogen-bond acceptors (Lipinski definition) is 0. The highest BCUT2D eigenvalue weighted by molar-refractivity contribution is 6.20. The summed E-state index contributed by atoms with van der Waals surface area (Å²) >= 11 is 0. The molecule has 0 unspecified atom stereocenters. The molecule has 6 heterocycles. The first-order valence-electron chi connectivity index (χ1n) is 50.2. The summed E-state index contributed by atoms with van der Waals surface area (Å²) in [5, 5.41) is 25.3. The molecule has 6 aromatic heterocycles. The van der Waals surface area contributed by atoms with E-state index in [4.69, 9.17) is 0 Å². The van der Waals surface area contributed by atoms with E-state index in [9.17, 15) is 0 Å². The van der Waals surface area contributed by atoms with Gasteiger partial charge in [0.15, 0.2) is 0 Å². The molecular weight excluding hydrogens is 1750 g/mol. The molecule has 0 amide bonds. The largest absolute Gasteiger partial charge is 0.309 e. The van der Waals surface area contributed by atoms with Gasteiger partial charge in [0.2, 0.25) is 0 Å². The Morgan fingerprint density at radius 2 is 0.400 bits per heavy atom. The fourth-order valence-corrected chi connectivity index (χ4v) is 24.3. The average Bonchev–Trinajstić information content (AvgIpc) is 1.60. The molecule has 0 radical (unpaired) electrons. The van der Waals surface area contributed by atoms with Gasteiger partial charge in [-0.1, -0.05) is 372 Å². The lowest BCUT2D eigenvalue weighted by atomic mass is 9.81. The van der Waals surface area contributed by atoms with Crippen LogP contribution in [0.2, 0.25) is 0 Å². The average molecular weight is 1850 g/mol. The molecule has 31 rings (SSSR count). The Balaban J connectivity index is 0.000000104. The van der Waals surface area contributed by atoms with Crippen molar-refractivity contribution < 1.29 is 0 Å². The number of nitrogens with zero attached hydrogens (tertiary/aromatic N) is 6. The molecule has 0 atom stereocenters. The van der Waals surface area contributed by atoms with Crippen molar-refractivity contribution in [1.82, 2.24) is 27.4 Å². The molecule has 0 fully saturated rings. The van der Waals surface area contributed by atoms with Crippen LogP contribution in [0.25, 0.3) is 264 Å². The van der Waals surface area contributed by atoms with Crippen molar-refractivity contribution in [2.24, 2.45) is 0 Å². The molecule has 145 heavy (non-hydrogen) atoms. The summed E-state index contributed by atoms with van der Waals surface area (Å²) in [6.07, 6.45) is 0. The van der Waals surface area contributed by atoms with Crippen LogP contribution in [0.15, 0.2) is 522 Å². The van der Waals surface area contributed by atoms with Crippen molar-refractivity contribution in [3.8, 4) is 89.8 Å². The van der Waals surface area contributed by atoms with Gasteiger partial charge >= 0.3 is 0 Å². The minimum absolute atomic E-state index is 0.0181. The summed E-state index contributed by atoms with van der Waals surface area (Å²) in [6.45, 7) is 4.70. The number of benzene rings is 24. The van der Waals surface area contributed by atoms with Gasteiger partial charge in [0.1, 0.15) is 0 Å². The maximum absolute atomic E-state index is 2.46. The lowest BCUT2D eigenvalue weighted by molar-refractivity contribution is 0.660. The second kappa shape index (κ2) is 33.2. The van der Waals surface area contributed by atoms with E-state index in [1.165, 1.54) is 269 Å². The van der Waals surface area contributed by atoms with E-state index >= 15 is 0 Å². The smallest absolute Gasteiger partial charge is 0.0547 e. The molecule has 0 saturated heterocycles. The second-order valence-corrected chi connectivity index (χ2v) is 39.3. The van der Waals surface area contributed by atoms with Gasteiger partial charge in [0, 0.05) is 104 Å². The Morgan fingerprint density at radius 3 is 0.869 bits per heavy atom. The second-order valence-electron chi connectivity index (χ2n) is 39.3. The van der Waals surface area contributed by atoms with Crippen LogP contribution >= 0.6 is 0 Å². The summed E-state index contributed by atoms with van der Waals surface area (Å²) in [5.41, 5.74) is 36.9. The van der Waals surface area contributed by atoms with E-state index in [2.05, 4.69) is 563 Å². The van der Waals surface area contributed by atoms with Crippen LogP contribution in [0, 0.1) is 0 Å². The van der Waals surface area contributed by atoms with E-state index in [-0.39, 0.29) is 5.41 Å². The summed E-state index contributed by atoms with van der Waals surface area (Å²) in [7, 11) is 0. The summed E-state index contributed by atoms with van der Waals surface area (Å²) < 4.78 is 14.5. The van der Waals surface area contributed by atoms with Crippen LogP contribution in [-0.4, -0.2) is 27.4 Å². The molecule has 1 aliphatic carbocycles. The van der Waals surface area contributed by atoms with Gasteiger partial charge in [0.25, 0.3) is 0 Å². The molecule has 0 spiro atoms. The van der Waals surface area contributed by atoms with Crippen molar-refractivity contribution in [1.29, 1.82) is 0 Å². The Kier molecular flexibility index (Phi) is 19.0. The van der Waals surface area contributed by atoms with Crippen molar-refractivity contribution in [3.05, 3.63) is 533 Å². The maximum Gasteiger partial charge on any atom is 0.0547 e. The first-order valence-corrected chi connectivity index (χ1v) is 50.2. The minimum atomic E-state index is -0.0181. The Labute approximate surface area is 837 Å². The molecule has 0 bridgehead atoms. The third kappa shape index (κ3) is 13.3. The van der Waals surface area contributed by atoms with Gasteiger partial charge in [-0.05, 0) is 268 Å². The molecule has 0 aliphatic heterocycles.